The monoisotopic (exact) mass is 405 g/mol. The third-order valence-electron chi connectivity index (χ3n) is 3.99. The minimum absolute atomic E-state index is 0.278. The SMILES string of the molecule is Cc1nc(Oc2ccc(NC(=O)c3ccccc3Cl)cc2)cc(-n2cccn2)n1. The molecule has 2 heterocycles. The molecule has 0 radical (unpaired) electrons. The molecule has 29 heavy (non-hydrogen) atoms. The van der Waals surface area contributed by atoms with Gasteiger partial charge in [0.2, 0.25) is 5.88 Å². The summed E-state index contributed by atoms with van der Waals surface area (Å²) in [6, 6.07) is 17.4. The topological polar surface area (TPSA) is 81.9 Å². The molecule has 4 aromatic rings. The van der Waals surface area contributed by atoms with Gasteiger partial charge in [-0.05, 0) is 49.4 Å². The summed E-state index contributed by atoms with van der Waals surface area (Å²) in [5, 5.41) is 7.38. The molecule has 0 saturated heterocycles. The minimum atomic E-state index is -0.278. The van der Waals surface area contributed by atoms with Gasteiger partial charge >= 0.3 is 0 Å². The fraction of sp³-hybridized carbons (Fsp3) is 0.0476. The van der Waals surface area contributed by atoms with E-state index in [1.165, 1.54) is 0 Å². The van der Waals surface area contributed by atoms with Crippen molar-refractivity contribution >= 4 is 23.2 Å². The smallest absolute Gasteiger partial charge is 0.257 e. The summed E-state index contributed by atoms with van der Waals surface area (Å²) in [6.45, 7) is 1.78. The third-order valence-corrected chi connectivity index (χ3v) is 4.32. The zero-order valence-electron chi connectivity index (χ0n) is 15.4. The molecule has 0 aliphatic carbocycles. The largest absolute Gasteiger partial charge is 0.439 e. The molecule has 144 valence electrons. The van der Waals surface area contributed by atoms with Crippen molar-refractivity contribution in [3.8, 4) is 17.4 Å². The first-order valence-electron chi connectivity index (χ1n) is 8.78. The Hall–Kier alpha value is -3.71. The van der Waals surface area contributed by atoms with Crippen LogP contribution in [-0.2, 0) is 0 Å². The van der Waals surface area contributed by atoms with Gasteiger partial charge in [0.15, 0.2) is 5.82 Å². The van der Waals surface area contributed by atoms with Gasteiger partial charge in [-0.25, -0.2) is 9.67 Å². The highest BCUT2D eigenvalue weighted by Crippen LogP contribution is 2.24. The molecular weight excluding hydrogens is 390 g/mol. The molecule has 0 aliphatic heterocycles. The molecule has 0 bridgehead atoms. The summed E-state index contributed by atoms with van der Waals surface area (Å²) in [5.41, 5.74) is 1.04. The van der Waals surface area contributed by atoms with Crippen LogP contribution in [-0.4, -0.2) is 25.7 Å². The number of nitrogens with zero attached hydrogens (tertiary/aromatic N) is 4. The molecule has 0 fully saturated rings. The minimum Gasteiger partial charge on any atom is -0.439 e. The van der Waals surface area contributed by atoms with Crippen molar-refractivity contribution < 1.29 is 9.53 Å². The molecule has 0 atom stereocenters. The van der Waals surface area contributed by atoms with Gasteiger partial charge < -0.3 is 10.1 Å². The second kappa shape index (κ2) is 8.12. The number of carbonyl (C=O) groups excluding carboxylic acids is 1. The highest BCUT2D eigenvalue weighted by Gasteiger charge is 2.10. The molecule has 8 heteroatoms. The number of hydrogen-bond donors (Lipinski definition) is 1. The van der Waals surface area contributed by atoms with Crippen LogP contribution in [0, 0.1) is 6.92 Å². The lowest BCUT2D eigenvalue weighted by Gasteiger charge is -2.10. The van der Waals surface area contributed by atoms with Crippen molar-refractivity contribution in [2.45, 2.75) is 6.92 Å². The first-order valence-corrected chi connectivity index (χ1v) is 9.16. The fourth-order valence-corrected chi connectivity index (χ4v) is 2.89. The standard InChI is InChI=1S/C21H16ClN5O2/c1-14-24-19(27-12-4-11-23-27)13-20(25-14)29-16-9-7-15(8-10-16)26-21(28)17-5-2-3-6-18(17)22/h2-13H,1H3,(H,26,28). The van der Waals surface area contributed by atoms with E-state index in [1.54, 1.807) is 78.6 Å². The Balaban J connectivity index is 1.48. The Bertz CT molecular complexity index is 1140. The van der Waals surface area contributed by atoms with Crippen LogP contribution in [0.4, 0.5) is 5.69 Å². The number of benzene rings is 2. The molecule has 4 rings (SSSR count). The van der Waals surface area contributed by atoms with Crippen molar-refractivity contribution in [2.75, 3.05) is 5.32 Å². The highest BCUT2D eigenvalue weighted by molar-refractivity contribution is 6.34. The summed E-state index contributed by atoms with van der Waals surface area (Å²) in [4.78, 5) is 21.0. The molecule has 0 spiro atoms. The van der Waals surface area contributed by atoms with Gasteiger partial charge in [0.25, 0.3) is 5.91 Å². The molecule has 2 aromatic carbocycles. The van der Waals surface area contributed by atoms with E-state index >= 15 is 0 Å². The Morgan fingerprint density at radius 1 is 1.07 bits per heavy atom. The number of carbonyl (C=O) groups is 1. The number of ether oxygens (including phenoxy) is 1. The lowest BCUT2D eigenvalue weighted by molar-refractivity contribution is 0.102. The van der Waals surface area contributed by atoms with Crippen LogP contribution >= 0.6 is 11.6 Å². The average Bonchev–Trinajstić information content (AvgIpc) is 3.24. The van der Waals surface area contributed by atoms with Crippen LogP contribution < -0.4 is 10.1 Å². The number of anilines is 1. The molecule has 1 N–H and O–H groups in total. The molecule has 0 saturated carbocycles. The number of amides is 1. The average molecular weight is 406 g/mol. The van der Waals surface area contributed by atoms with Crippen molar-refractivity contribution in [1.82, 2.24) is 19.7 Å². The molecule has 0 aliphatic rings. The van der Waals surface area contributed by atoms with Crippen LogP contribution in [0.3, 0.4) is 0 Å². The predicted octanol–water partition coefficient (Wildman–Crippen LogP) is 4.67. The Labute approximate surface area is 172 Å². The van der Waals surface area contributed by atoms with Gasteiger partial charge in [-0.2, -0.15) is 10.1 Å². The van der Waals surface area contributed by atoms with E-state index < -0.39 is 0 Å². The van der Waals surface area contributed by atoms with Crippen LogP contribution in [0.5, 0.6) is 11.6 Å². The fourth-order valence-electron chi connectivity index (χ4n) is 2.67. The van der Waals surface area contributed by atoms with E-state index in [4.69, 9.17) is 16.3 Å². The van der Waals surface area contributed by atoms with E-state index in [1.807, 2.05) is 6.07 Å². The number of rotatable bonds is 5. The van der Waals surface area contributed by atoms with E-state index in [0.29, 0.717) is 39.5 Å². The van der Waals surface area contributed by atoms with Gasteiger partial charge in [-0.1, -0.05) is 23.7 Å². The summed E-state index contributed by atoms with van der Waals surface area (Å²) >= 11 is 6.06. The zero-order chi connectivity index (χ0) is 20.2. The van der Waals surface area contributed by atoms with Crippen molar-refractivity contribution in [1.29, 1.82) is 0 Å². The van der Waals surface area contributed by atoms with Crippen molar-refractivity contribution in [3.05, 3.63) is 89.5 Å². The van der Waals surface area contributed by atoms with Gasteiger partial charge in [-0.3, -0.25) is 4.79 Å². The van der Waals surface area contributed by atoms with Crippen molar-refractivity contribution in [2.24, 2.45) is 0 Å². The van der Waals surface area contributed by atoms with Crippen LogP contribution in [0.15, 0.2) is 73.1 Å². The normalized spacial score (nSPS) is 10.6. The maximum Gasteiger partial charge on any atom is 0.257 e. The zero-order valence-corrected chi connectivity index (χ0v) is 16.2. The quantitative estimate of drug-likeness (QED) is 0.521. The number of halogens is 1. The van der Waals surface area contributed by atoms with Crippen molar-refractivity contribution in [3.63, 3.8) is 0 Å². The molecular formula is C21H16ClN5O2. The summed E-state index contributed by atoms with van der Waals surface area (Å²) in [7, 11) is 0. The first kappa shape index (κ1) is 18.6. The van der Waals surface area contributed by atoms with Crippen LogP contribution in [0.1, 0.15) is 16.2 Å². The Morgan fingerprint density at radius 3 is 2.59 bits per heavy atom. The highest BCUT2D eigenvalue weighted by atomic mass is 35.5. The summed E-state index contributed by atoms with van der Waals surface area (Å²) < 4.78 is 7.47. The van der Waals surface area contributed by atoms with Gasteiger partial charge in [0.05, 0.1) is 10.6 Å². The predicted molar refractivity (Wildman–Crippen MR) is 110 cm³/mol. The van der Waals surface area contributed by atoms with Crippen LogP contribution in [0.25, 0.3) is 5.82 Å². The summed E-state index contributed by atoms with van der Waals surface area (Å²) in [6.07, 6.45) is 3.47. The maximum atomic E-state index is 12.3. The second-order valence-corrected chi connectivity index (χ2v) is 6.53. The van der Waals surface area contributed by atoms with Crippen LogP contribution in [0.2, 0.25) is 5.02 Å². The van der Waals surface area contributed by atoms with E-state index in [2.05, 4.69) is 20.4 Å². The Morgan fingerprint density at radius 2 is 1.86 bits per heavy atom. The number of nitrogens with one attached hydrogen (secondary N) is 1. The Kier molecular flexibility index (Phi) is 5.22. The second-order valence-electron chi connectivity index (χ2n) is 6.12. The lowest BCUT2D eigenvalue weighted by atomic mass is 10.2. The van der Waals surface area contributed by atoms with Gasteiger partial charge in [-0.15, -0.1) is 0 Å². The van der Waals surface area contributed by atoms with E-state index in [0.717, 1.165) is 0 Å². The molecule has 0 unspecified atom stereocenters. The number of aryl methyl sites for hydroxylation is 1. The van der Waals surface area contributed by atoms with E-state index in [9.17, 15) is 4.79 Å². The number of hydrogen-bond acceptors (Lipinski definition) is 5. The lowest BCUT2D eigenvalue weighted by Crippen LogP contribution is -2.12. The van der Waals surface area contributed by atoms with E-state index in [-0.39, 0.29) is 5.91 Å². The summed E-state index contributed by atoms with van der Waals surface area (Å²) in [5.74, 6) is 1.87. The van der Waals surface area contributed by atoms with Gasteiger partial charge in [0, 0.05) is 24.1 Å². The first-order chi connectivity index (χ1) is 14.1. The number of aromatic nitrogens is 4. The molecule has 2 aromatic heterocycles. The maximum absolute atomic E-state index is 12.3. The van der Waals surface area contributed by atoms with Gasteiger partial charge in [0.1, 0.15) is 11.6 Å². The third kappa shape index (κ3) is 4.41. The molecule has 1 amide bonds. The molecule has 7 nitrogen and oxygen atoms in total.